The van der Waals surface area contributed by atoms with E-state index >= 15 is 0 Å². The Bertz CT molecular complexity index is 508. The van der Waals surface area contributed by atoms with Crippen LogP contribution >= 0.6 is 0 Å². The quantitative estimate of drug-likeness (QED) is 0.813. The highest BCUT2D eigenvalue weighted by molar-refractivity contribution is 5.69. The van der Waals surface area contributed by atoms with Crippen LogP contribution in [0.4, 0.5) is 5.69 Å². The van der Waals surface area contributed by atoms with Crippen LogP contribution in [0.2, 0.25) is 0 Å². The van der Waals surface area contributed by atoms with Crippen molar-refractivity contribution in [3.05, 3.63) is 22.6 Å². The van der Waals surface area contributed by atoms with Gasteiger partial charge in [0.2, 0.25) is 0 Å². The van der Waals surface area contributed by atoms with Crippen LogP contribution < -0.4 is 10.5 Å². The molecule has 0 spiro atoms. The van der Waals surface area contributed by atoms with Gasteiger partial charge in [-0.05, 0) is 0 Å². The van der Waals surface area contributed by atoms with E-state index in [1.807, 2.05) is 4.90 Å². The molecule has 19 heavy (non-hydrogen) atoms. The van der Waals surface area contributed by atoms with Gasteiger partial charge in [0, 0.05) is 19.2 Å². The molecule has 0 aromatic carbocycles. The van der Waals surface area contributed by atoms with Crippen LogP contribution in [0.3, 0.4) is 0 Å². The number of aliphatic carboxylic acids is 1. The monoisotopic (exact) mass is 267 g/mol. The Labute approximate surface area is 110 Å². The van der Waals surface area contributed by atoms with Crippen molar-refractivity contribution in [2.75, 3.05) is 31.2 Å². The lowest BCUT2D eigenvalue weighted by molar-refractivity contribution is -0.141. The molecule has 2 heterocycles. The van der Waals surface area contributed by atoms with Gasteiger partial charge >= 0.3 is 5.97 Å². The van der Waals surface area contributed by atoms with E-state index in [9.17, 15) is 9.59 Å². The first-order chi connectivity index (χ1) is 9.08. The lowest BCUT2D eigenvalue weighted by atomic mass is 10.2. The Morgan fingerprint density at radius 2 is 2.21 bits per heavy atom. The molecule has 7 nitrogen and oxygen atoms in total. The first-order valence-corrected chi connectivity index (χ1v) is 6.20. The van der Waals surface area contributed by atoms with Gasteiger partial charge in [0.05, 0.1) is 37.6 Å². The third-order valence-electron chi connectivity index (χ3n) is 3.10. The maximum atomic E-state index is 11.9. The number of hydrogen-bond acceptors (Lipinski definition) is 5. The van der Waals surface area contributed by atoms with Crippen molar-refractivity contribution in [1.29, 1.82) is 0 Å². The van der Waals surface area contributed by atoms with Gasteiger partial charge in [-0.3, -0.25) is 9.59 Å². The van der Waals surface area contributed by atoms with Gasteiger partial charge in [0.1, 0.15) is 0 Å². The summed E-state index contributed by atoms with van der Waals surface area (Å²) in [6.45, 7) is 4.37. The summed E-state index contributed by atoms with van der Waals surface area (Å²) < 4.78 is 6.43. The average Bonchev–Trinajstić information content (AvgIpc) is 2.41. The van der Waals surface area contributed by atoms with Gasteiger partial charge in [-0.2, -0.15) is 5.10 Å². The Hall–Kier alpha value is -1.89. The Morgan fingerprint density at radius 3 is 2.79 bits per heavy atom. The van der Waals surface area contributed by atoms with Gasteiger partial charge in [-0.15, -0.1) is 0 Å². The van der Waals surface area contributed by atoms with Crippen molar-refractivity contribution in [2.45, 2.75) is 13.5 Å². The number of carboxylic acid groups (broad SMARTS) is 1. The molecule has 1 aromatic rings. The number of carbonyl (C=O) groups is 1. The minimum Gasteiger partial charge on any atom is -0.481 e. The molecule has 1 aromatic heterocycles. The largest absolute Gasteiger partial charge is 0.481 e. The molecular formula is C12H17N3O4. The van der Waals surface area contributed by atoms with Crippen LogP contribution in [0.25, 0.3) is 0 Å². The first-order valence-electron chi connectivity index (χ1n) is 6.20. The van der Waals surface area contributed by atoms with E-state index in [0.717, 1.165) is 18.8 Å². The number of nitrogens with zero attached hydrogens (tertiary/aromatic N) is 3. The van der Waals surface area contributed by atoms with E-state index in [2.05, 4.69) is 5.10 Å². The van der Waals surface area contributed by atoms with Crippen LogP contribution in [0.1, 0.15) is 6.92 Å². The highest BCUT2D eigenvalue weighted by Gasteiger charge is 2.15. The Kier molecular flexibility index (Phi) is 4.16. The van der Waals surface area contributed by atoms with Crippen molar-refractivity contribution in [3.8, 4) is 0 Å². The third-order valence-corrected chi connectivity index (χ3v) is 3.10. The summed E-state index contributed by atoms with van der Waals surface area (Å²) in [5.41, 5.74) is 0.476. The number of hydrogen-bond donors (Lipinski definition) is 1. The smallest absolute Gasteiger partial charge is 0.308 e. The molecule has 104 valence electrons. The SMILES string of the molecule is CC(Cn1ncc(N2CCOCC2)cc1=O)C(=O)O. The van der Waals surface area contributed by atoms with Gasteiger partial charge in [0.25, 0.3) is 5.56 Å². The minimum atomic E-state index is -0.939. The molecule has 1 unspecified atom stereocenters. The molecule has 1 saturated heterocycles. The molecule has 0 aliphatic carbocycles. The average molecular weight is 267 g/mol. The van der Waals surface area contributed by atoms with Crippen LogP contribution in [0, 0.1) is 5.92 Å². The van der Waals surface area contributed by atoms with Crippen molar-refractivity contribution in [3.63, 3.8) is 0 Å². The maximum Gasteiger partial charge on any atom is 0.308 e. The van der Waals surface area contributed by atoms with E-state index in [4.69, 9.17) is 9.84 Å². The van der Waals surface area contributed by atoms with E-state index in [0.29, 0.717) is 13.2 Å². The number of ether oxygens (including phenoxy) is 1. The Balaban J connectivity index is 2.12. The van der Waals surface area contributed by atoms with Gasteiger partial charge in [0.15, 0.2) is 0 Å². The van der Waals surface area contributed by atoms with E-state index < -0.39 is 11.9 Å². The summed E-state index contributed by atoms with van der Waals surface area (Å²) in [6.07, 6.45) is 1.60. The van der Waals surface area contributed by atoms with E-state index in [1.54, 1.807) is 13.1 Å². The van der Waals surface area contributed by atoms with Crippen molar-refractivity contribution < 1.29 is 14.6 Å². The number of carboxylic acids is 1. The minimum absolute atomic E-state index is 0.0809. The van der Waals surface area contributed by atoms with Gasteiger partial charge < -0.3 is 14.7 Å². The second kappa shape index (κ2) is 5.83. The molecule has 7 heteroatoms. The summed E-state index contributed by atoms with van der Waals surface area (Å²) >= 11 is 0. The molecular weight excluding hydrogens is 250 g/mol. The third kappa shape index (κ3) is 3.31. The summed E-state index contributed by atoms with van der Waals surface area (Å²) in [5, 5.41) is 12.9. The summed E-state index contributed by atoms with van der Waals surface area (Å²) in [4.78, 5) is 24.7. The zero-order valence-corrected chi connectivity index (χ0v) is 10.8. The number of aromatic nitrogens is 2. The zero-order chi connectivity index (χ0) is 13.8. The standard InChI is InChI=1S/C12H17N3O4/c1-9(12(17)18)8-15-11(16)6-10(7-13-15)14-2-4-19-5-3-14/h6-7,9H,2-5,8H2,1H3,(H,17,18). The predicted molar refractivity (Wildman–Crippen MR) is 68.3 cm³/mol. The maximum absolute atomic E-state index is 11.9. The second-order valence-corrected chi connectivity index (χ2v) is 4.57. The summed E-state index contributed by atoms with van der Waals surface area (Å²) in [7, 11) is 0. The van der Waals surface area contributed by atoms with Gasteiger partial charge in [-0.1, -0.05) is 6.92 Å². The van der Waals surface area contributed by atoms with Crippen molar-refractivity contribution >= 4 is 11.7 Å². The molecule has 0 radical (unpaired) electrons. The molecule has 1 aliphatic rings. The Morgan fingerprint density at radius 1 is 1.53 bits per heavy atom. The number of morpholine rings is 1. The second-order valence-electron chi connectivity index (χ2n) is 4.57. The number of anilines is 1. The highest BCUT2D eigenvalue weighted by Crippen LogP contribution is 2.11. The predicted octanol–water partition coefficient (Wildman–Crippen LogP) is -0.199. The summed E-state index contributed by atoms with van der Waals surface area (Å²) in [5.74, 6) is -1.58. The first kappa shape index (κ1) is 13.5. The zero-order valence-electron chi connectivity index (χ0n) is 10.8. The van der Waals surface area contributed by atoms with Crippen LogP contribution in [0.15, 0.2) is 17.1 Å². The molecule has 1 aliphatic heterocycles. The highest BCUT2D eigenvalue weighted by atomic mass is 16.5. The molecule has 0 bridgehead atoms. The normalized spacial score (nSPS) is 17.2. The fraction of sp³-hybridized carbons (Fsp3) is 0.583. The fourth-order valence-electron chi connectivity index (χ4n) is 1.89. The van der Waals surface area contributed by atoms with Crippen molar-refractivity contribution in [1.82, 2.24) is 9.78 Å². The van der Waals surface area contributed by atoms with E-state index in [1.165, 1.54) is 10.7 Å². The lowest BCUT2D eigenvalue weighted by Crippen LogP contribution is -2.37. The molecule has 1 N–H and O–H groups in total. The number of rotatable bonds is 4. The van der Waals surface area contributed by atoms with Gasteiger partial charge in [-0.25, -0.2) is 4.68 Å². The molecule has 0 saturated carbocycles. The van der Waals surface area contributed by atoms with Crippen molar-refractivity contribution in [2.24, 2.45) is 5.92 Å². The molecule has 1 atom stereocenters. The van der Waals surface area contributed by atoms with Crippen LogP contribution in [0.5, 0.6) is 0 Å². The molecule has 2 rings (SSSR count). The molecule has 0 amide bonds. The molecule has 1 fully saturated rings. The fourth-order valence-corrected chi connectivity index (χ4v) is 1.89. The van der Waals surface area contributed by atoms with Crippen LogP contribution in [-0.2, 0) is 16.1 Å². The lowest BCUT2D eigenvalue weighted by Gasteiger charge is -2.28. The summed E-state index contributed by atoms with van der Waals surface area (Å²) in [6, 6.07) is 1.49. The van der Waals surface area contributed by atoms with E-state index in [-0.39, 0.29) is 12.1 Å². The van der Waals surface area contributed by atoms with Crippen LogP contribution in [-0.4, -0.2) is 47.2 Å². The topological polar surface area (TPSA) is 84.7 Å².